The van der Waals surface area contributed by atoms with Crippen LogP contribution in [0.5, 0.6) is 0 Å². The second-order valence-electron chi connectivity index (χ2n) is 4.07. The fourth-order valence-electron chi connectivity index (χ4n) is 1.75. The van der Waals surface area contributed by atoms with Crippen molar-refractivity contribution >= 4 is 11.3 Å². The van der Waals surface area contributed by atoms with E-state index in [9.17, 15) is 5.26 Å². The van der Waals surface area contributed by atoms with Gasteiger partial charge in [-0.15, -0.1) is 11.3 Å². The summed E-state index contributed by atoms with van der Waals surface area (Å²) in [6.07, 6.45) is 1.89. The third kappa shape index (κ3) is 3.39. The lowest BCUT2D eigenvalue weighted by molar-refractivity contribution is 0.656. The zero-order chi connectivity index (χ0) is 12.8. The maximum atomic E-state index is 9.18. The van der Waals surface area contributed by atoms with Gasteiger partial charge in [-0.25, -0.2) is 4.98 Å². The first kappa shape index (κ1) is 12.7. The SMILES string of the molecule is Cc1ncc(CNCC(C#N)c2ccccc2)s1. The largest absolute Gasteiger partial charge is 0.310 e. The van der Waals surface area contributed by atoms with Crippen molar-refractivity contribution in [3.05, 3.63) is 52.0 Å². The molecule has 4 heteroatoms. The number of rotatable bonds is 5. The van der Waals surface area contributed by atoms with Gasteiger partial charge in [-0.05, 0) is 12.5 Å². The molecule has 0 bridgehead atoms. The molecule has 0 saturated carbocycles. The van der Waals surface area contributed by atoms with Gasteiger partial charge in [-0.1, -0.05) is 30.3 Å². The molecule has 18 heavy (non-hydrogen) atoms. The van der Waals surface area contributed by atoms with Crippen LogP contribution in [0.25, 0.3) is 0 Å². The number of thiazole rings is 1. The molecule has 0 amide bonds. The average Bonchev–Trinajstić information content (AvgIpc) is 2.81. The van der Waals surface area contributed by atoms with Crippen molar-refractivity contribution in [1.29, 1.82) is 5.26 Å². The third-order valence-corrected chi connectivity index (χ3v) is 3.59. The zero-order valence-corrected chi connectivity index (χ0v) is 11.1. The van der Waals surface area contributed by atoms with Gasteiger partial charge in [0.05, 0.1) is 17.0 Å². The van der Waals surface area contributed by atoms with Crippen LogP contribution in [0.4, 0.5) is 0 Å². The molecule has 1 aromatic heterocycles. The Hall–Kier alpha value is -1.70. The van der Waals surface area contributed by atoms with Crippen molar-refractivity contribution in [2.75, 3.05) is 6.54 Å². The van der Waals surface area contributed by atoms with Gasteiger partial charge in [0.2, 0.25) is 0 Å². The predicted molar refractivity (Wildman–Crippen MR) is 73.4 cm³/mol. The minimum absolute atomic E-state index is 0.0970. The summed E-state index contributed by atoms with van der Waals surface area (Å²) in [5.74, 6) is -0.0970. The highest BCUT2D eigenvalue weighted by Crippen LogP contribution is 2.14. The minimum atomic E-state index is -0.0970. The molecule has 2 aromatic rings. The summed E-state index contributed by atoms with van der Waals surface area (Å²) >= 11 is 1.69. The number of hydrogen-bond donors (Lipinski definition) is 1. The first-order valence-corrected chi connectivity index (χ1v) is 6.68. The molecule has 0 spiro atoms. The van der Waals surface area contributed by atoms with E-state index in [0.29, 0.717) is 6.54 Å². The lowest BCUT2D eigenvalue weighted by Crippen LogP contribution is -2.19. The first-order chi connectivity index (χ1) is 8.79. The maximum Gasteiger partial charge on any atom is 0.0897 e. The lowest BCUT2D eigenvalue weighted by atomic mass is 10.0. The summed E-state index contributed by atoms with van der Waals surface area (Å²) in [7, 11) is 0. The van der Waals surface area contributed by atoms with Crippen LogP contribution < -0.4 is 5.32 Å². The molecule has 1 atom stereocenters. The van der Waals surface area contributed by atoms with Gasteiger partial charge in [0.25, 0.3) is 0 Å². The highest BCUT2D eigenvalue weighted by molar-refractivity contribution is 7.11. The van der Waals surface area contributed by atoms with Crippen LogP contribution in [0.15, 0.2) is 36.5 Å². The topological polar surface area (TPSA) is 48.7 Å². The van der Waals surface area contributed by atoms with Crippen LogP contribution in [-0.4, -0.2) is 11.5 Å². The molecule has 0 aliphatic rings. The number of benzene rings is 1. The van der Waals surface area contributed by atoms with E-state index in [2.05, 4.69) is 16.4 Å². The molecule has 0 radical (unpaired) electrons. The molecule has 1 N–H and O–H groups in total. The molecule has 1 unspecified atom stereocenters. The lowest BCUT2D eigenvalue weighted by Gasteiger charge is -2.09. The Bertz CT molecular complexity index is 527. The van der Waals surface area contributed by atoms with E-state index in [1.807, 2.05) is 43.5 Å². The summed E-state index contributed by atoms with van der Waals surface area (Å²) in [6.45, 7) is 3.43. The summed E-state index contributed by atoms with van der Waals surface area (Å²) in [5.41, 5.74) is 1.06. The molecule has 1 aromatic carbocycles. The van der Waals surface area contributed by atoms with Crippen LogP contribution in [0.3, 0.4) is 0 Å². The van der Waals surface area contributed by atoms with Crippen molar-refractivity contribution < 1.29 is 0 Å². The molecular weight excluding hydrogens is 242 g/mol. The molecule has 92 valence electrons. The normalized spacial score (nSPS) is 12.0. The predicted octanol–water partition coefficient (Wildman–Crippen LogP) is 2.85. The standard InChI is InChI=1S/C14H15N3S/c1-11-17-10-14(18-11)9-16-8-13(7-15)12-5-3-2-4-6-12/h2-6,10,13,16H,8-9H2,1H3. The number of aryl methyl sites for hydroxylation is 1. The molecule has 2 rings (SSSR count). The van der Waals surface area contributed by atoms with Crippen LogP contribution >= 0.6 is 11.3 Å². The van der Waals surface area contributed by atoms with E-state index in [0.717, 1.165) is 17.1 Å². The van der Waals surface area contributed by atoms with Crippen molar-refractivity contribution in [3.8, 4) is 6.07 Å². The van der Waals surface area contributed by atoms with E-state index < -0.39 is 0 Å². The summed E-state index contributed by atoms with van der Waals surface area (Å²) in [5, 5.41) is 13.6. The molecule has 1 heterocycles. The minimum Gasteiger partial charge on any atom is -0.310 e. The van der Waals surface area contributed by atoms with Crippen molar-refractivity contribution in [1.82, 2.24) is 10.3 Å². The number of aromatic nitrogens is 1. The Morgan fingerprint density at radius 3 is 2.78 bits per heavy atom. The molecular formula is C14H15N3S. The highest BCUT2D eigenvalue weighted by Gasteiger charge is 2.09. The van der Waals surface area contributed by atoms with Gasteiger partial charge in [0, 0.05) is 24.2 Å². The second-order valence-corrected chi connectivity index (χ2v) is 5.39. The fraction of sp³-hybridized carbons (Fsp3) is 0.286. The second kappa shape index (κ2) is 6.29. The number of nitrogens with one attached hydrogen (secondary N) is 1. The van der Waals surface area contributed by atoms with Gasteiger partial charge in [0.1, 0.15) is 0 Å². The van der Waals surface area contributed by atoms with E-state index >= 15 is 0 Å². The average molecular weight is 257 g/mol. The van der Waals surface area contributed by atoms with Crippen LogP contribution in [0, 0.1) is 18.3 Å². The van der Waals surface area contributed by atoms with Gasteiger partial charge in [-0.3, -0.25) is 0 Å². The van der Waals surface area contributed by atoms with Crippen molar-refractivity contribution in [3.63, 3.8) is 0 Å². The highest BCUT2D eigenvalue weighted by atomic mass is 32.1. The number of hydrogen-bond acceptors (Lipinski definition) is 4. The maximum absolute atomic E-state index is 9.18. The van der Waals surface area contributed by atoms with E-state index in [4.69, 9.17) is 0 Å². The van der Waals surface area contributed by atoms with E-state index in [1.54, 1.807) is 11.3 Å². The summed E-state index contributed by atoms with van der Waals surface area (Å²) in [6, 6.07) is 12.2. The van der Waals surface area contributed by atoms with Crippen molar-refractivity contribution in [2.24, 2.45) is 0 Å². The Kier molecular flexibility index (Phi) is 4.46. The first-order valence-electron chi connectivity index (χ1n) is 5.86. The quantitative estimate of drug-likeness (QED) is 0.896. The zero-order valence-electron chi connectivity index (χ0n) is 10.3. The molecule has 0 aliphatic carbocycles. The smallest absolute Gasteiger partial charge is 0.0897 e. The van der Waals surface area contributed by atoms with Gasteiger partial charge in [-0.2, -0.15) is 5.26 Å². The Labute approximate surface area is 111 Å². The monoisotopic (exact) mass is 257 g/mol. The molecule has 0 saturated heterocycles. The Morgan fingerprint density at radius 1 is 1.39 bits per heavy atom. The van der Waals surface area contributed by atoms with Crippen LogP contribution in [-0.2, 0) is 6.54 Å². The van der Waals surface area contributed by atoms with Gasteiger partial charge in [0.15, 0.2) is 0 Å². The third-order valence-electron chi connectivity index (χ3n) is 2.67. The van der Waals surface area contributed by atoms with E-state index in [-0.39, 0.29) is 5.92 Å². The van der Waals surface area contributed by atoms with E-state index in [1.165, 1.54) is 4.88 Å². The van der Waals surface area contributed by atoms with Gasteiger partial charge >= 0.3 is 0 Å². The molecule has 0 fully saturated rings. The van der Waals surface area contributed by atoms with Crippen LogP contribution in [0.1, 0.15) is 21.4 Å². The Morgan fingerprint density at radius 2 is 2.17 bits per heavy atom. The molecule has 0 aliphatic heterocycles. The number of nitrogens with zero attached hydrogens (tertiary/aromatic N) is 2. The summed E-state index contributed by atoms with van der Waals surface area (Å²) < 4.78 is 0. The molecule has 3 nitrogen and oxygen atoms in total. The summed E-state index contributed by atoms with van der Waals surface area (Å²) in [4.78, 5) is 5.41. The Balaban J connectivity index is 1.87. The fourth-order valence-corrected chi connectivity index (χ4v) is 2.51. The van der Waals surface area contributed by atoms with Crippen LogP contribution in [0.2, 0.25) is 0 Å². The number of nitriles is 1. The van der Waals surface area contributed by atoms with Crippen molar-refractivity contribution in [2.45, 2.75) is 19.4 Å². The van der Waals surface area contributed by atoms with Gasteiger partial charge < -0.3 is 5.32 Å².